The van der Waals surface area contributed by atoms with Crippen molar-refractivity contribution in [2.45, 2.75) is 19.3 Å². The van der Waals surface area contributed by atoms with Crippen LogP contribution in [0.5, 0.6) is 0 Å². The van der Waals surface area contributed by atoms with Crippen LogP contribution < -0.4 is 4.90 Å². The Bertz CT molecular complexity index is 4260. The van der Waals surface area contributed by atoms with Crippen molar-refractivity contribution in [3.8, 4) is 22.3 Å². The second-order valence-corrected chi connectivity index (χ2v) is 19.2. The van der Waals surface area contributed by atoms with Crippen molar-refractivity contribution in [1.29, 1.82) is 0 Å². The topological polar surface area (TPSA) is 3.24 Å². The minimum Gasteiger partial charge on any atom is -0.310 e. The molecule has 13 aromatic rings. The fourth-order valence-electron chi connectivity index (χ4n) is 12.0. The SMILES string of the molecule is CC1(C)c2ccccc2-c2ccc(N(c3ccc(-c4ccccc4)cc3)c3ccc4c(c3)c3ccccc3c3ccccc3c3ccccc3c3c4cc4ccc5cccc6ccc3c4c56)cc21. The van der Waals surface area contributed by atoms with Crippen LogP contribution in [0.25, 0.3) is 108 Å². The van der Waals surface area contributed by atoms with Gasteiger partial charge in [0.15, 0.2) is 0 Å². The number of hydrogen-bond acceptors (Lipinski definition) is 1. The highest BCUT2D eigenvalue weighted by Gasteiger charge is 2.36. The number of fused-ring (bicyclic) bond motifs is 14. The van der Waals surface area contributed by atoms with E-state index in [1.54, 1.807) is 0 Å². The van der Waals surface area contributed by atoms with Gasteiger partial charge < -0.3 is 4.90 Å². The molecular formula is C67H45N. The summed E-state index contributed by atoms with van der Waals surface area (Å²) in [5, 5.41) is 20.0. The van der Waals surface area contributed by atoms with E-state index in [0.717, 1.165) is 17.1 Å². The molecule has 1 aliphatic rings. The summed E-state index contributed by atoms with van der Waals surface area (Å²) in [4.78, 5) is 2.47. The first-order valence-corrected chi connectivity index (χ1v) is 23.8. The Hall–Kier alpha value is -8.52. The van der Waals surface area contributed by atoms with Crippen molar-refractivity contribution >= 4 is 103 Å². The summed E-state index contributed by atoms with van der Waals surface area (Å²) in [6.07, 6.45) is 0. The molecule has 0 fully saturated rings. The lowest BCUT2D eigenvalue weighted by Crippen LogP contribution is -2.16. The summed E-state index contributed by atoms with van der Waals surface area (Å²) in [6, 6.07) is 88.8. The Morgan fingerprint density at radius 2 is 0.765 bits per heavy atom. The number of nitrogens with zero attached hydrogens (tertiary/aromatic N) is 1. The van der Waals surface area contributed by atoms with E-state index in [2.05, 4.69) is 255 Å². The Balaban J connectivity index is 1.13. The summed E-state index contributed by atoms with van der Waals surface area (Å²) in [5.74, 6) is 0. The number of hydrogen-bond donors (Lipinski definition) is 0. The average Bonchev–Trinajstić information content (AvgIpc) is 3.63. The minimum atomic E-state index is -0.149. The van der Waals surface area contributed by atoms with Crippen LogP contribution in [-0.2, 0) is 5.41 Å². The van der Waals surface area contributed by atoms with E-state index in [-0.39, 0.29) is 5.41 Å². The molecule has 0 bridgehead atoms. The highest BCUT2D eigenvalue weighted by atomic mass is 15.1. The van der Waals surface area contributed by atoms with E-state index >= 15 is 0 Å². The van der Waals surface area contributed by atoms with Gasteiger partial charge in [-0.3, -0.25) is 0 Å². The minimum absolute atomic E-state index is 0.149. The van der Waals surface area contributed by atoms with Crippen molar-refractivity contribution in [1.82, 2.24) is 0 Å². The zero-order valence-electron chi connectivity index (χ0n) is 38.0. The number of benzene rings is 12. The van der Waals surface area contributed by atoms with Gasteiger partial charge in [-0.05, 0) is 162 Å². The van der Waals surface area contributed by atoms with Crippen molar-refractivity contribution in [2.24, 2.45) is 0 Å². The van der Waals surface area contributed by atoms with Crippen molar-refractivity contribution < 1.29 is 0 Å². The Kier molecular flexibility index (Phi) is 8.40. The van der Waals surface area contributed by atoms with Crippen LogP contribution >= 0.6 is 0 Å². The molecule has 318 valence electrons. The molecular weight excluding hydrogens is 819 g/mol. The first-order valence-electron chi connectivity index (χ1n) is 23.8. The molecule has 0 N–H and O–H groups in total. The van der Waals surface area contributed by atoms with Gasteiger partial charge in [-0.15, -0.1) is 0 Å². The van der Waals surface area contributed by atoms with Gasteiger partial charge in [0.25, 0.3) is 0 Å². The van der Waals surface area contributed by atoms with Crippen molar-refractivity contribution in [2.75, 3.05) is 4.90 Å². The maximum Gasteiger partial charge on any atom is 0.0468 e. The quantitative estimate of drug-likeness (QED) is 0.159. The van der Waals surface area contributed by atoms with Crippen molar-refractivity contribution in [3.63, 3.8) is 0 Å². The summed E-state index contributed by atoms with van der Waals surface area (Å²) in [5.41, 5.74) is 11.0. The second-order valence-electron chi connectivity index (χ2n) is 19.2. The highest BCUT2D eigenvalue weighted by Crippen LogP contribution is 2.51. The first-order chi connectivity index (χ1) is 33.5. The molecule has 1 heteroatoms. The molecule has 0 saturated carbocycles. The van der Waals surface area contributed by atoms with Gasteiger partial charge in [0.1, 0.15) is 0 Å². The summed E-state index contributed by atoms with van der Waals surface area (Å²) in [7, 11) is 0. The van der Waals surface area contributed by atoms with Crippen LogP contribution in [0.3, 0.4) is 0 Å². The third-order valence-electron chi connectivity index (χ3n) is 15.2. The molecule has 1 aliphatic carbocycles. The second kappa shape index (κ2) is 14.7. The fraction of sp³-hybridized carbons (Fsp3) is 0.0448. The van der Waals surface area contributed by atoms with E-state index in [4.69, 9.17) is 0 Å². The fourth-order valence-corrected chi connectivity index (χ4v) is 12.0. The van der Waals surface area contributed by atoms with Crippen LogP contribution in [0.4, 0.5) is 17.1 Å². The third kappa shape index (κ3) is 5.69. The van der Waals surface area contributed by atoms with Gasteiger partial charge >= 0.3 is 0 Å². The van der Waals surface area contributed by atoms with Crippen LogP contribution in [-0.4, -0.2) is 0 Å². The summed E-state index contributed by atoms with van der Waals surface area (Å²) in [6.45, 7) is 4.75. The first kappa shape index (κ1) is 38.7. The predicted molar refractivity (Wildman–Crippen MR) is 293 cm³/mol. The van der Waals surface area contributed by atoms with Gasteiger partial charge in [0.05, 0.1) is 0 Å². The van der Waals surface area contributed by atoms with Crippen LogP contribution in [0.2, 0.25) is 0 Å². The zero-order valence-corrected chi connectivity index (χ0v) is 38.0. The van der Waals surface area contributed by atoms with Crippen molar-refractivity contribution in [3.05, 3.63) is 248 Å². The molecule has 0 spiro atoms. The smallest absolute Gasteiger partial charge is 0.0468 e. The van der Waals surface area contributed by atoms with E-state index < -0.39 is 0 Å². The van der Waals surface area contributed by atoms with Gasteiger partial charge in [0, 0.05) is 22.5 Å². The Morgan fingerprint density at radius 3 is 1.49 bits per heavy atom. The molecule has 0 aromatic heterocycles. The molecule has 14 rings (SSSR count). The maximum atomic E-state index is 2.48. The molecule has 0 saturated heterocycles. The van der Waals surface area contributed by atoms with Gasteiger partial charge in [-0.25, -0.2) is 0 Å². The maximum absolute atomic E-state index is 2.48. The Labute approximate surface area is 395 Å². The van der Waals surface area contributed by atoms with E-state index in [0.29, 0.717) is 0 Å². The van der Waals surface area contributed by atoms with Crippen LogP contribution in [0.15, 0.2) is 237 Å². The lowest BCUT2D eigenvalue weighted by molar-refractivity contribution is 0.660. The van der Waals surface area contributed by atoms with Crippen LogP contribution in [0.1, 0.15) is 25.0 Å². The largest absolute Gasteiger partial charge is 0.310 e. The van der Waals surface area contributed by atoms with Crippen LogP contribution in [0, 0.1) is 0 Å². The highest BCUT2D eigenvalue weighted by molar-refractivity contribution is 6.36. The molecule has 0 unspecified atom stereocenters. The lowest BCUT2D eigenvalue weighted by Gasteiger charge is -2.28. The molecule has 1 nitrogen and oxygen atoms in total. The third-order valence-corrected chi connectivity index (χ3v) is 15.2. The zero-order chi connectivity index (χ0) is 45.1. The molecule has 0 aliphatic heterocycles. The van der Waals surface area contributed by atoms with Gasteiger partial charge in [-0.1, -0.05) is 208 Å². The van der Waals surface area contributed by atoms with E-state index in [9.17, 15) is 0 Å². The average molecular weight is 864 g/mol. The molecule has 13 aromatic carbocycles. The molecule has 0 atom stereocenters. The monoisotopic (exact) mass is 863 g/mol. The van der Waals surface area contributed by atoms with E-state index in [1.165, 1.54) is 120 Å². The lowest BCUT2D eigenvalue weighted by atomic mass is 9.82. The number of anilines is 3. The molecule has 68 heavy (non-hydrogen) atoms. The number of rotatable bonds is 4. The summed E-state index contributed by atoms with van der Waals surface area (Å²) < 4.78 is 0. The standard InChI is InChI=1S/C67H45N/c1-67(2)62-26-13-12-24-56(62)57-38-35-49(41-63(57)67)68(47-32-29-43(30-33-47)42-15-4-3-5-16-42)48-34-37-55-60(40-48)54-23-9-8-21-52(54)50-19-6-7-20-51(50)53-22-10-11-25-58(53)66-59-36-31-45-18-14-17-44-27-28-46(39-61(55)66)65(59)64(44)45/h3-41H,1-2H3. The predicted octanol–water partition coefficient (Wildman–Crippen LogP) is 18.9. The normalized spacial score (nSPS) is 13.0. The summed E-state index contributed by atoms with van der Waals surface area (Å²) >= 11 is 0. The molecule has 0 radical (unpaired) electrons. The Morgan fingerprint density at radius 1 is 0.265 bits per heavy atom. The molecule has 0 amide bonds. The van der Waals surface area contributed by atoms with Gasteiger partial charge in [0.2, 0.25) is 0 Å². The van der Waals surface area contributed by atoms with Gasteiger partial charge in [-0.2, -0.15) is 0 Å². The molecule has 0 heterocycles. The van der Waals surface area contributed by atoms with E-state index in [1.807, 2.05) is 0 Å².